The normalized spacial score (nSPS) is 10.2. The molecule has 0 aliphatic rings. The first-order valence-corrected chi connectivity index (χ1v) is 8.34. The van der Waals surface area contributed by atoms with Crippen LogP contribution in [0.25, 0.3) is 0 Å². The molecule has 1 heterocycles. The predicted molar refractivity (Wildman–Crippen MR) is 91.0 cm³/mol. The Morgan fingerprint density at radius 2 is 2.29 bits per heavy atom. The molecule has 8 nitrogen and oxygen atoms in total. The summed E-state index contributed by atoms with van der Waals surface area (Å²) in [5, 5.41) is 24.3. The Hall–Kier alpha value is -2.53. The summed E-state index contributed by atoms with van der Waals surface area (Å²) in [7, 11) is 0. The zero-order valence-electron chi connectivity index (χ0n) is 12.2. The second-order valence-corrected chi connectivity index (χ2v) is 6.50. The third-order valence-electron chi connectivity index (χ3n) is 2.57. The number of aromatic nitrogens is 2. The van der Waals surface area contributed by atoms with Gasteiger partial charge in [-0.05, 0) is 6.07 Å². The number of thioether (sulfide) groups is 1. The van der Waals surface area contributed by atoms with Crippen LogP contribution < -0.4 is 10.6 Å². The van der Waals surface area contributed by atoms with Gasteiger partial charge in [0.2, 0.25) is 11.0 Å². The largest absolute Gasteiger partial charge is 0.357 e. The second kappa shape index (κ2) is 8.36. The molecule has 0 saturated heterocycles. The van der Waals surface area contributed by atoms with Crippen LogP contribution in [0.4, 0.5) is 20.9 Å². The lowest BCUT2D eigenvalue weighted by Crippen LogP contribution is -2.15. The third kappa shape index (κ3) is 4.99. The monoisotopic (exact) mass is 369 g/mol. The summed E-state index contributed by atoms with van der Waals surface area (Å²) < 4.78 is 14.2. The van der Waals surface area contributed by atoms with Gasteiger partial charge in [0.25, 0.3) is 5.69 Å². The van der Waals surface area contributed by atoms with E-state index in [9.17, 15) is 19.3 Å². The molecule has 1 aromatic carbocycles. The van der Waals surface area contributed by atoms with Gasteiger partial charge in [-0.1, -0.05) is 29.2 Å². The molecule has 1 amide bonds. The number of rotatable bonds is 8. The van der Waals surface area contributed by atoms with Crippen LogP contribution in [0, 0.1) is 15.9 Å². The Bertz CT molecular complexity index is 768. The van der Waals surface area contributed by atoms with E-state index in [2.05, 4.69) is 27.4 Å². The number of nitro groups is 1. The standard InChI is InChI=1S/C13H12FN5O3S2/c1-2-5-15-12-17-18-13(24-12)23-7-11(20)16-10-6-8(19(21)22)3-4-9(10)14/h2-4,6H,1,5,7H2,(H,15,17)(H,16,20). The number of carbonyl (C=O) groups is 1. The molecule has 0 fully saturated rings. The van der Waals surface area contributed by atoms with Crippen LogP contribution in [-0.2, 0) is 4.79 Å². The number of hydrogen-bond acceptors (Lipinski definition) is 8. The van der Waals surface area contributed by atoms with Crippen LogP contribution in [0.1, 0.15) is 0 Å². The zero-order chi connectivity index (χ0) is 17.5. The van der Waals surface area contributed by atoms with Crippen molar-refractivity contribution in [1.29, 1.82) is 0 Å². The van der Waals surface area contributed by atoms with Crippen LogP contribution in [0.5, 0.6) is 0 Å². The van der Waals surface area contributed by atoms with Gasteiger partial charge >= 0.3 is 0 Å². The van der Waals surface area contributed by atoms with E-state index in [-0.39, 0.29) is 17.1 Å². The van der Waals surface area contributed by atoms with Crippen LogP contribution in [-0.4, -0.2) is 33.3 Å². The third-order valence-corrected chi connectivity index (χ3v) is 4.58. The van der Waals surface area contributed by atoms with Crippen molar-refractivity contribution in [1.82, 2.24) is 10.2 Å². The maximum absolute atomic E-state index is 13.6. The van der Waals surface area contributed by atoms with E-state index in [0.29, 0.717) is 16.0 Å². The Kier molecular flexibility index (Phi) is 6.21. The minimum absolute atomic E-state index is 0.0295. The molecular formula is C13H12FN5O3S2. The van der Waals surface area contributed by atoms with Crippen molar-refractivity contribution in [3.63, 3.8) is 0 Å². The first-order valence-electron chi connectivity index (χ1n) is 6.54. The number of carbonyl (C=O) groups excluding carboxylic acids is 1. The van der Waals surface area contributed by atoms with Crippen LogP contribution in [0.3, 0.4) is 0 Å². The number of amides is 1. The van der Waals surface area contributed by atoms with E-state index in [4.69, 9.17) is 0 Å². The highest BCUT2D eigenvalue weighted by Crippen LogP contribution is 2.26. The van der Waals surface area contributed by atoms with Gasteiger partial charge in [-0.25, -0.2) is 4.39 Å². The first kappa shape index (κ1) is 17.8. The molecule has 2 rings (SSSR count). The number of anilines is 2. The topological polar surface area (TPSA) is 110 Å². The van der Waals surface area contributed by atoms with Crippen molar-refractivity contribution in [2.45, 2.75) is 4.34 Å². The molecule has 0 radical (unpaired) electrons. The zero-order valence-corrected chi connectivity index (χ0v) is 13.8. The minimum Gasteiger partial charge on any atom is -0.357 e. The van der Waals surface area contributed by atoms with E-state index in [0.717, 1.165) is 30.0 Å². The Morgan fingerprint density at radius 1 is 1.50 bits per heavy atom. The summed E-state index contributed by atoms with van der Waals surface area (Å²) in [6, 6.07) is 2.93. The van der Waals surface area contributed by atoms with Crippen LogP contribution >= 0.6 is 23.1 Å². The molecule has 1 aromatic heterocycles. The van der Waals surface area contributed by atoms with Gasteiger partial charge in [0.05, 0.1) is 16.4 Å². The number of hydrogen-bond donors (Lipinski definition) is 2. The molecule has 24 heavy (non-hydrogen) atoms. The summed E-state index contributed by atoms with van der Waals surface area (Å²) in [5.41, 5.74) is -0.540. The molecule has 0 aliphatic carbocycles. The highest BCUT2D eigenvalue weighted by Gasteiger charge is 2.14. The molecule has 126 valence electrons. The second-order valence-electron chi connectivity index (χ2n) is 4.30. The SMILES string of the molecule is C=CCNc1nnc(SCC(=O)Nc2cc([N+](=O)[O-])ccc2F)s1. The highest BCUT2D eigenvalue weighted by molar-refractivity contribution is 8.01. The van der Waals surface area contributed by atoms with Crippen molar-refractivity contribution in [3.05, 3.63) is 46.8 Å². The number of halogens is 1. The number of non-ortho nitro benzene ring substituents is 1. The van der Waals surface area contributed by atoms with Crippen molar-refractivity contribution in [2.24, 2.45) is 0 Å². The Balaban J connectivity index is 1.91. The Labute approximate surface area is 144 Å². The molecule has 2 N–H and O–H groups in total. The summed E-state index contributed by atoms with van der Waals surface area (Å²) in [6.45, 7) is 4.12. The smallest absolute Gasteiger partial charge is 0.271 e. The molecule has 0 unspecified atom stereocenters. The number of nitro benzene ring substituents is 1. The fourth-order valence-corrected chi connectivity index (χ4v) is 3.09. The molecule has 0 atom stereocenters. The van der Waals surface area contributed by atoms with Gasteiger partial charge in [0, 0.05) is 18.7 Å². The quantitative estimate of drug-likeness (QED) is 0.318. The number of nitrogens with zero attached hydrogens (tertiary/aromatic N) is 3. The van der Waals surface area contributed by atoms with Crippen LogP contribution in [0.15, 0.2) is 35.2 Å². The van der Waals surface area contributed by atoms with Gasteiger partial charge in [-0.3, -0.25) is 14.9 Å². The molecule has 2 aromatic rings. The summed E-state index contributed by atoms with van der Waals surface area (Å²) in [5.74, 6) is -1.28. The molecular weight excluding hydrogens is 357 g/mol. The van der Waals surface area contributed by atoms with E-state index in [1.807, 2.05) is 0 Å². The van der Waals surface area contributed by atoms with E-state index < -0.39 is 16.6 Å². The lowest BCUT2D eigenvalue weighted by molar-refractivity contribution is -0.384. The van der Waals surface area contributed by atoms with Crippen LogP contribution in [0.2, 0.25) is 0 Å². The van der Waals surface area contributed by atoms with Gasteiger partial charge in [-0.15, -0.1) is 16.8 Å². The van der Waals surface area contributed by atoms with Crippen molar-refractivity contribution in [3.8, 4) is 0 Å². The molecule has 0 aliphatic heterocycles. The van der Waals surface area contributed by atoms with E-state index in [1.165, 1.54) is 11.3 Å². The fraction of sp³-hybridized carbons (Fsp3) is 0.154. The highest BCUT2D eigenvalue weighted by atomic mass is 32.2. The van der Waals surface area contributed by atoms with E-state index in [1.54, 1.807) is 6.08 Å². The van der Waals surface area contributed by atoms with Gasteiger partial charge in [-0.2, -0.15) is 0 Å². The Morgan fingerprint density at radius 3 is 3.00 bits per heavy atom. The molecule has 0 bridgehead atoms. The van der Waals surface area contributed by atoms with Gasteiger partial charge in [0.15, 0.2) is 4.34 Å². The van der Waals surface area contributed by atoms with Crippen molar-refractivity contribution in [2.75, 3.05) is 22.9 Å². The minimum atomic E-state index is -0.745. The molecule has 0 spiro atoms. The summed E-state index contributed by atoms with van der Waals surface area (Å²) >= 11 is 2.40. The van der Waals surface area contributed by atoms with Crippen molar-refractivity contribution >= 4 is 45.5 Å². The van der Waals surface area contributed by atoms with Crippen molar-refractivity contribution < 1.29 is 14.1 Å². The number of nitrogens with one attached hydrogen (secondary N) is 2. The average Bonchev–Trinajstić information content (AvgIpc) is 3.00. The summed E-state index contributed by atoms with van der Waals surface area (Å²) in [6.07, 6.45) is 1.68. The van der Waals surface area contributed by atoms with Gasteiger partial charge in [0.1, 0.15) is 5.82 Å². The predicted octanol–water partition coefficient (Wildman–Crippen LogP) is 2.91. The van der Waals surface area contributed by atoms with Gasteiger partial charge < -0.3 is 10.6 Å². The number of benzene rings is 1. The maximum Gasteiger partial charge on any atom is 0.271 e. The van der Waals surface area contributed by atoms with E-state index >= 15 is 0 Å². The molecule has 0 saturated carbocycles. The summed E-state index contributed by atoms with van der Waals surface area (Å²) in [4.78, 5) is 21.9. The lowest BCUT2D eigenvalue weighted by atomic mass is 10.2. The first-order chi connectivity index (χ1) is 11.5. The lowest BCUT2D eigenvalue weighted by Gasteiger charge is -2.05. The molecule has 11 heteroatoms. The maximum atomic E-state index is 13.6. The average molecular weight is 369 g/mol. The fourth-order valence-electron chi connectivity index (χ4n) is 1.54.